The van der Waals surface area contributed by atoms with Crippen molar-refractivity contribution in [2.45, 2.75) is 6.42 Å². The van der Waals surface area contributed by atoms with Crippen molar-refractivity contribution in [2.24, 2.45) is 0 Å². The largest absolute Gasteiger partial charge is 0.466 e. The van der Waals surface area contributed by atoms with Crippen LogP contribution in [-0.4, -0.2) is 13.1 Å². The zero-order chi connectivity index (χ0) is 8.55. The van der Waals surface area contributed by atoms with Crippen LogP contribution in [0.4, 0.5) is 0 Å². The molecule has 0 aliphatic heterocycles. The van der Waals surface area contributed by atoms with Crippen LogP contribution in [0.15, 0.2) is 17.0 Å². The molecule has 0 N–H and O–H groups in total. The average Bonchev–Trinajstić information content (AvgIpc) is 2.60. The molecule has 2 rings (SSSR count). The second-order valence-corrected chi connectivity index (χ2v) is 3.64. The predicted octanol–water partition coefficient (Wildman–Crippen LogP) is 1.86. The number of fused-ring (bicyclic) bond motifs is 1. The molecule has 1 aromatic heterocycles. The molecule has 1 heterocycles. The fourth-order valence-corrected chi connectivity index (χ4v) is 2.18. The maximum absolute atomic E-state index is 11.1. The van der Waals surface area contributed by atoms with E-state index in [1.165, 1.54) is 17.6 Å². The number of hydrogen-bond donors (Lipinski definition) is 0. The van der Waals surface area contributed by atoms with Crippen LogP contribution in [-0.2, 0) is 16.0 Å². The highest BCUT2D eigenvalue weighted by Crippen LogP contribution is 2.29. The van der Waals surface area contributed by atoms with Crippen molar-refractivity contribution in [3.8, 4) is 0 Å². The van der Waals surface area contributed by atoms with E-state index >= 15 is 0 Å². The number of carbonyl (C=O) groups excluding carboxylic acids is 1. The monoisotopic (exact) mass is 180 g/mol. The van der Waals surface area contributed by atoms with Gasteiger partial charge in [-0.15, -0.1) is 11.3 Å². The number of methoxy groups -OCH3 is 1. The van der Waals surface area contributed by atoms with Gasteiger partial charge in [-0.1, -0.05) is 0 Å². The molecule has 0 atom stereocenters. The predicted molar refractivity (Wildman–Crippen MR) is 48.0 cm³/mol. The van der Waals surface area contributed by atoms with Crippen LogP contribution in [0.25, 0.3) is 6.08 Å². The highest BCUT2D eigenvalue weighted by atomic mass is 32.1. The van der Waals surface area contributed by atoms with E-state index in [1.807, 2.05) is 17.5 Å². The van der Waals surface area contributed by atoms with Gasteiger partial charge in [-0.2, -0.15) is 0 Å². The summed E-state index contributed by atoms with van der Waals surface area (Å²) < 4.78 is 4.63. The summed E-state index contributed by atoms with van der Waals surface area (Å²) in [5, 5.41) is 2.04. The van der Waals surface area contributed by atoms with Crippen molar-refractivity contribution in [2.75, 3.05) is 7.11 Å². The number of esters is 1. The summed E-state index contributed by atoms with van der Waals surface area (Å²) in [5.74, 6) is -0.210. The van der Waals surface area contributed by atoms with Gasteiger partial charge in [0.25, 0.3) is 0 Å². The van der Waals surface area contributed by atoms with Gasteiger partial charge < -0.3 is 4.74 Å². The van der Waals surface area contributed by atoms with E-state index in [1.54, 1.807) is 11.3 Å². The molecule has 1 aliphatic rings. The molecule has 0 amide bonds. The van der Waals surface area contributed by atoms with Crippen LogP contribution in [0.3, 0.4) is 0 Å². The number of rotatable bonds is 1. The molecule has 0 spiro atoms. The van der Waals surface area contributed by atoms with Crippen LogP contribution < -0.4 is 0 Å². The first-order valence-corrected chi connectivity index (χ1v) is 4.54. The molecule has 1 aromatic rings. The fourth-order valence-electron chi connectivity index (χ4n) is 1.30. The van der Waals surface area contributed by atoms with Gasteiger partial charge in [0.2, 0.25) is 0 Å². The Hall–Kier alpha value is -1.09. The third-order valence-electron chi connectivity index (χ3n) is 1.91. The van der Waals surface area contributed by atoms with Gasteiger partial charge in [0.15, 0.2) is 0 Å². The molecule has 62 valence electrons. The number of ether oxygens (including phenoxy) is 1. The quantitative estimate of drug-likeness (QED) is 0.616. The van der Waals surface area contributed by atoms with Gasteiger partial charge in [-0.25, -0.2) is 4.79 Å². The summed E-state index contributed by atoms with van der Waals surface area (Å²) in [7, 11) is 1.41. The van der Waals surface area contributed by atoms with Gasteiger partial charge in [0.05, 0.1) is 7.11 Å². The minimum atomic E-state index is -0.210. The number of hydrogen-bond acceptors (Lipinski definition) is 3. The standard InChI is InChI=1S/C9H8O2S/c1-11-9(10)7-4-6-2-3-12-8(6)5-7/h2-4H,5H2,1H3. The molecule has 0 bridgehead atoms. The minimum absolute atomic E-state index is 0.210. The molecule has 3 heteroatoms. The van der Waals surface area contributed by atoms with Crippen LogP contribution in [0.2, 0.25) is 0 Å². The molecule has 0 unspecified atom stereocenters. The van der Waals surface area contributed by atoms with E-state index in [4.69, 9.17) is 0 Å². The zero-order valence-corrected chi connectivity index (χ0v) is 7.48. The van der Waals surface area contributed by atoms with E-state index < -0.39 is 0 Å². The lowest BCUT2D eigenvalue weighted by molar-refractivity contribution is -0.136. The molecule has 12 heavy (non-hydrogen) atoms. The second-order valence-electron chi connectivity index (χ2n) is 2.64. The van der Waals surface area contributed by atoms with Crippen LogP contribution >= 0.6 is 11.3 Å². The van der Waals surface area contributed by atoms with E-state index in [0.29, 0.717) is 0 Å². The van der Waals surface area contributed by atoms with Gasteiger partial charge in [0, 0.05) is 16.9 Å². The van der Waals surface area contributed by atoms with Crippen molar-refractivity contribution in [3.05, 3.63) is 27.5 Å². The Balaban J connectivity index is 2.27. The van der Waals surface area contributed by atoms with Crippen molar-refractivity contribution in [1.29, 1.82) is 0 Å². The molecule has 1 aliphatic carbocycles. The van der Waals surface area contributed by atoms with E-state index in [0.717, 1.165) is 12.0 Å². The lowest BCUT2D eigenvalue weighted by Crippen LogP contribution is -2.03. The maximum Gasteiger partial charge on any atom is 0.334 e. The first-order valence-electron chi connectivity index (χ1n) is 3.66. The third kappa shape index (κ3) is 1.06. The Morgan fingerprint density at radius 1 is 1.67 bits per heavy atom. The van der Waals surface area contributed by atoms with Crippen molar-refractivity contribution in [3.63, 3.8) is 0 Å². The Morgan fingerprint density at radius 2 is 2.50 bits per heavy atom. The number of thiophene rings is 1. The SMILES string of the molecule is COC(=O)C1=Cc2ccsc2C1. The summed E-state index contributed by atoms with van der Waals surface area (Å²) in [6, 6.07) is 2.02. The normalized spacial score (nSPS) is 13.9. The summed E-state index contributed by atoms with van der Waals surface area (Å²) in [4.78, 5) is 12.4. The van der Waals surface area contributed by atoms with Crippen molar-refractivity contribution >= 4 is 23.4 Å². The molecule has 2 nitrogen and oxygen atoms in total. The first-order chi connectivity index (χ1) is 5.81. The third-order valence-corrected chi connectivity index (χ3v) is 2.84. The average molecular weight is 180 g/mol. The van der Waals surface area contributed by atoms with Gasteiger partial charge in [-0.3, -0.25) is 0 Å². The summed E-state index contributed by atoms with van der Waals surface area (Å²) in [6.45, 7) is 0. The lowest BCUT2D eigenvalue weighted by Gasteiger charge is -1.96. The van der Waals surface area contributed by atoms with Gasteiger partial charge in [-0.05, 0) is 23.1 Å². The highest BCUT2D eigenvalue weighted by molar-refractivity contribution is 7.10. The van der Waals surface area contributed by atoms with E-state index in [2.05, 4.69) is 4.74 Å². The molecule has 0 aromatic carbocycles. The summed E-state index contributed by atoms with van der Waals surface area (Å²) in [6.07, 6.45) is 2.64. The Bertz CT molecular complexity index is 349. The Kier molecular flexibility index (Phi) is 1.73. The molecule has 0 radical (unpaired) electrons. The van der Waals surface area contributed by atoms with Gasteiger partial charge >= 0.3 is 5.97 Å². The van der Waals surface area contributed by atoms with Crippen LogP contribution in [0.1, 0.15) is 10.4 Å². The van der Waals surface area contributed by atoms with E-state index in [-0.39, 0.29) is 5.97 Å². The molecular formula is C9H8O2S. The van der Waals surface area contributed by atoms with Crippen molar-refractivity contribution in [1.82, 2.24) is 0 Å². The molecule has 0 saturated carbocycles. The molecule has 0 fully saturated rings. The number of carbonyl (C=O) groups is 1. The van der Waals surface area contributed by atoms with Crippen molar-refractivity contribution < 1.29 is 9.53 Å². The smallest absolute Gasteiger partial charge is 0.334 e. The summed E-state index contributed by atoms with van der Waals surface area (Å²) >= 11 is 1.68. The highest BCUT2D eigenvalue weighted by Gasteiger charge is 2.19. The van der Waals surface area contributed by atoms with E-state index in [9.17, 15) is 4.79 Å². The maximum atomic E-state index is 11.1. The zero-order valence-electron chi connectivity index (χ0n) is 6.66. The molecule has 0 saturated heterocycles. The van der Waals surface area contributed by atoms with Gasteiger partial charge in [0.1, 0.15) is 0 Å². The second kappa shape index (κ2) is 2.75. The lowest BCUT2D eigenvalue weighted by atomic mass is 10.2. The van der Waals surface area contributed by atoms with Crippen LogP contribution in [0, 0.1) is 0 Å². The first kappa shape index (κ1) is 7.55. The molecular weight excluding hydrogens is 172 g/mol. The van der Waals surface area contributed by atoms with Crippen LogP contribution in [0.5, 0.6) is 0 Å². The Morgan fingerprint density at radius 3 is 3.17 bits per heavy atom. The topological polar surface area (TPSA) is 26.3 Å². The summed E-state index contributed by atoms with van der Waals surface area (Å²) in [5.41, 5.74) is 1.93. The minimum Gasteiger partial charge on any atom is -0.466 e. The fraction of sp³-hybridized carbons (Fsp3) is 0.222. The Labute approximate surface area is 74.5 Å².